The predicted octanol–water partition coefficient (Wildman–Crippen LogP) is 5.93. The molecule has 102 valence electrons. The zero-order valence-electron chi connectivity index (χ0n) is 12.5. The van der Waals surface area contributed by atoms with Crippen LogP contribution in [0.3, 0.4) is 0 Å². The number of hydrogen-bond acceptors (Lipinski definition) is 0. The van der Waals surface area contributed by atoms with Crippen molar-refractivity contribution >= 4 is 23.2 Å². The summed E-state index contributed by atoms with van der Waals surface area (Å²) in [5.41, 5.74) is 3.63. The fraction of sp³-hybridized carbons (Fsp3) is 0.625. The first-order valence-electron chi connectivity index (χ1n) is 6.37. The van der Waals surface area contributed by atoms with Gasteiger partial charge in [0.2, 0.25) is 0 Å². The molecule has 0 aliphatic heterocycles. The molecule has 0 aromatic heterocycles. The Bertz CT molecular complexity index is 394. The minimum Gasteiger partial charge on any atom is -0.115 e. The lowest BCUT2D eigenvalue weighted by molar-refractivity contribution is 0.551. The van der Waals surface area contributed by atoms with Crippen molar-refractivity contribution < 1.29 is 0 Å². The van der Waals surface area contributed by atoms with E-state index in [0.29, 0.717) is 0 Å². The van der Waals surface area contributed by atoms with Gasteiger partial charge in [0, 0.05) is 0 Å². The number of hydrogen-bond donors (Lipinski definition) is 0. The summed E-state index contributed by atoms with van der Waals surface area (Å²) in [5.74, 6) is 0. The second kappa shape index (κ2) is 4.72. The van der Waals surface area contributed by atoms with Crippen LogP contribution in [0.25, 0.3) is 0 Å². The summed E-state index contributed by atoms with van der Waals surface area (Å²) in [6, 6.07) is 6.27. The molecule has 0 aliphatic carbocycles. The van der Waals surface area contributed by atoms with Crippen LogP contribution in [0.2, 0.25) is 0 Å². The molecule has 1 rings (SSSR count). The Morgan fingerprint density at radius 2 is 1.06 bits per heavy atom. The SMILES string of the molecule is CC(C)(C)c1c(C(C)(C)Cl)cccc1C(C)(C)Cl. The monoisotopic (exact) mass is 286 g/mol. The molecule has 0 heterocycles. The van der Waals surface area contributed by atoms with E-state index in [0.717, 1.165) is 0 Å². The number of halogens is 2. The Balaban J connectivity index is 3.68. The molecule has 0 N–H and O–H groups in total. The molecular formula is C16H24Cl2. The molecule has 2 heteroatoms. The van der Waals surface area contributed by atoms with Crippen LogP contribution >= 0.6 is 23.2 Å². The van der Waals surface area contributed by atoms with Crippen LogP contribution in [0.4, 0.5) is 0 Å². The lowest BCUT2D eigenvalue weighted by atomic mass is 9.75. The molecule has 0 amide bonds. The third-order valence-electron chi connectivity index (χ3n) is 3.10. The van der Waals surface area contributed by atoms with Gasteiger partial charge < -0.3 is 0 Å². The Morgan fingerprint density at radius 1 is 0.722 bits per heavy atom. The first-order chi connectivity index (χ1) is 7.85. The van der Waals surface area contributed by atoms with Crippen molar-refractivity contribution in [3.8, 4) is 0 Å². The molecule has 0 saturated heterocycles. The normalized spacial score (nSPS) is 13.8. The highest BCUT2D eigenvalue weighted by Crippen LogP contribution is 2.43. The van der Waals surface area contributed by atoms with Gasteiger partial charge in [-0.3, -0.25) is 0 Å². The molecule has 0 fully saturated rings. The van der Waals surface area contributed by atoms with Crippen LogP contribution in [-0.4, -0.2) is 0 Å². The van der Waals surface area contributed by atoms with Crippen molar-refractivity contribution in [2.24, 2.45) is 0 Å². The molecule has 0 atom stereocenters. The van der Waals surface area contributed by atoms with Gasteiger partial charge >= 0.3 is 0 Å². The van der Waals surface area contributed by atoms with Gasteiger partial charge in [-0.15, -0.1) is 23.2 Å². The summed E-state index contributed by atoms with van der Waals surface area (Å²) in [4.78, 5) is -0.776. The second-order valence-corrected chi connectivity index (χ2v) is 8.81. The van der Waals surface area contributed by atoms with E-state index in [1.165, 1.54) is 16.7 Å². The van der Waals surface area contributed by atoms with E-state index in [1.807, 2.05) is 33.8 Å². The van der Waals surface area contributed by atoms with E-state index in [9.17, 15) is 0 Å². The van der Waals surface area contributed by atoms with Crippen LogP contribution < -0.4 is 0 Å². The largest absolute Gasteiger partial charge is 0.115 e. The van der Waals surface area contributed by atoms with Gasteiger partial charge in [0.05, 0.1) is 9.75 Å². The lowest BCUT2D eigenvalue weighted by Gasteiger charge is -2.34. The Morgan fingerprint density at radius 3 is 1.28 bits per heavy atom. The molecule has 0 aliphatic rings. The molecule has 1 aromatic rings. The molecule has 0 spiro atoms. The first kappa shape index (κ1) is 15.9. The zero-order chi connectivity index (χ0) is 14.4. The van der Waals surface area contributed by atoms with Gasteiger partial charge in [-0.1, -0.05) is 39.0 Å². The highest BCUT2D eigenvalue weighted by atomic mass is 35.5. The van der Waals surface area contributed by atoms with E-state index in [1.54, 1.807) is 0 Å². The quantitative estimate of drug-likeness (QED) is 0.591. The molecule has 0 saturated carbocycles. The van der Waals surface area contributed by atoms with Gasteiger partial charge in [0.1, 0.15) is 0 Å². The van der Waals surface area contributed by atoms with E-state index in [2.05, 4.69) is 32.9 Å². The highest BCUT2D eigenvalue weighted by molar-refractivity contribution is 6.24. The summed E-state index contributed by atoms with van der Waals surface area (Å²) >= 11 is 13.1. The summed E-state index contributed by atoms with van der Waals surface area (Å²) in [5, 5.41) is 0. The van der Waals surface area contributed by atoms with Crippen LogP contribution in [-0.2, 0) is 15.2 Å². The van der Waals surface area contributed by atoms with Gasteiger partial charge in [-0.2, -0.15) is 0 Å². The van der Waals surface area contributed by atoms with E-state index >= 15 is 0 Å². The van der Waals surface area contributed by atoms with Crippen molar-refractivity contribution in [2.45, 2.75) is 63.6 Å². The van der Waals surface area contributed by atoms with E-state index in [4.69, 9.17) is 23.2 Å². The van der Waals surface area contributed by atoms with Crippen molar-refractivity contribution in [1.29, 1.82) is 0 Å². The molecule has 0 bridgehead atoms. The average Bonchev–Trinajstić information content (AvgIpc) is 2.12. The Labute approximate surface area is 122 Å². The summed E-state index contributed by atoms with van der Waals surface area (Å²) in [7, 11) is 0. The lowest BCUT2D eigenvalue weighted by Crippen LogP contribution is -2.26. The standard InChI is InChI=1S/C16H24Cl2/c1-14(2,3)13-11(15(4,5)17)9-8-10-12(13)16(6,7)18/h8-10H,1-7H3. The maximum Gasteiger partial charge on any atom is 0.0641 e. The van der Waals surface area contributed by atoms with E-state index < -0.39 is 0 Å². The minimum absolute atomic E-state index is 0.0181. The molecule has 18 heavy (non-hydrogen) atoms. The van der Waals surface area contributed by atoms with Crippen molar-refractivity contribution in [1.82, 2.24) is 0 Å². The second-order valence-electron chi connectivity index (χ2n) is 6.92. The minimum atomic E-state index is -0.388. The van der Waals surface area contributed by atoms with Crippen LogP contribution in [0.1, 0.15) is 65.2 Å². The van der Waals surface area contributed by atoms with Gasteiger partial charge in [0.25, 0.3) is 0 Å². The third kappa shape index (κ3) is 3.42. The summed E-state index contributed by atoms with van der Waals surface area (Å²) in [6.45, 7) is 14.8. The summed E-state index contributed by atoms with van der Waals surface area (Å²) < 4.78 is 0. The van der Waals surface area contributed by atoms with Crippen molar-refractivity contribution in [2.75, 3.05) is 0 Å². The Hall–Kier alpha value is -0.200. The first-order valence-corrected chi connectivity index (χ1v) is 7.13. The van der Waals surface area contributed by atoms with Gasteiger partial charge in [-0.05, 0) is 49.8 Å². The number of rotatable bonds is 2. The maximum absolute atomic E-state index is 6.55. The van der Waals surface area contributed by atoms with Crippen LogP contribution in [0.5, 0.6) is 0 Å². The van der Waals surface area contributed by atoms with Crippen molar-refractivity contribution in [3.63, 3.8) is 0 Å². The zero-order valence-corrected chi connectivity index (χ0v) is 14.0. The Kier molecular flexibility index (Phi) is 4.16. The highest BCUT2D eigenvalue weighted by Gasteiger charge is 2.32. The van der Waals surface area contributed by atoms with Gasteiger partial charge in [0.15, 0.2) is 0 Å². The van der Waals surface area contributed by atoms with E-state index in [-0.39, 0.29) is 15.2 Å². The molecular weight excluding hydrogens is 263 g/mol. The number of alkyl halides is 2. The number of benzene rings is 1. The molecule has 0 nitrogen and oxygen atoms in total. The molecule has 1 aromatic carbocycles. The maximum atomic E-state index is 6.55. The van der Waals surface area contributed by atoms with Crippen molar-refractivity contribution in [3.05, 3.63) is 34.9 Å². The van der Waals surface area contributed by atoms with Crippen LogP contribution in [0, 0.1) is 0 Å². The summed E-state index contributed by atoms with van der Waals surface area (Å²) in [6.07, 6.45) is 0. The van der Waals surface area contributed by atoms with Crippen LogP contribution in [0.15, 0.2) is 18.2 Å². The molecule has 0 unspecified atom stereocenters. The topological polar surface area (TPSA) is 0 Å². The fourth-order valence-corrected chi connectivity index (χ4v) is 2.67. The average molecular weight is 287 g/mol. The molecule has 0 radical (unpaired) electrons. The van der Waals surface area contributed by atoms with Gasteiger partial charge in [-0.25, -0.2) is 0 Å². The third-order valence-corrected chi connectivity index (χ3v) is 3.50. The smallest absolute Gasteiger partial charge is 0.0641 e. The fourth-order valence-electron chi connectivity index (χ4n) is 2.35. The predicted molar refractivity (Wildman–Crippen MR) is 82.9 cm³/mol.